The maximum Gasteiger partial charge on any atom is 0.230 e. The molecular formula is C21H28N4OS. The summed E-state index contributed by atoms with van der Waals surface area (Å²) in [6.07, 6.45) is 9.60. The number of carbonyl (C=O) groups is 1. The number of nitrogens with one attached hydrogen (secondary N) is 2. The molecule has 4 fully saturated rings. The van der Waals surface area contributed by atoms with Gasteiger partial charge in [0.25, 0.3) is 0 Å². The lowest BCUT2D eigenvalue weighted by Crippen LogP contribution is -2.56. The van der Waals surface area contributed by atoms with Gasteiger partial charge in [-0.25, -0.2) is 0 Å². The van der Waals surface area contributed by atoms with Crippen LogP contribution >= 0.6 is 11.8 Å². The summed E-state index contributed by atoms with van der Waals surface area (Å²) in [7, 11) is 0. The zero-order valence-corrected chi connectivity index (χ0v) is 16.8. The fraction of sp³-hybridized carbons (Fsp3) is 0.667. The molecular weight excluding hydrogens is 356 g/mol. The van der Waals surface area contributed by atoms with E-state index in [1.54, 1.807) is 6.08 Å². The molecule has 1 amide bonds. The Labute approximate surface area is 166 Å². The van der Waals surface area contributed by atoms with Crippen molar-refractivity contribution in [3.63, 3.8) is 0 Å². The molecule has 4 rings (SSSR count). The van der Waals surface area contributed by atoms with Crippen LogP contribution in [0.15, 0.2) is 23.3 Å². The van der Waals surface area contributed by atoms with Gasteiger partial charge in [-0.05, 0) is 68.6 Å². The Hall–Kier alpha value is -1.92. The van der Waals surface area contributed by atoms with Gasteiger partial charge < -0.3 is 10.6 Å². The lowest BCUT2D eigenvalue weighted by molar-refractivity contribution is -0.123. The molecule has 1 unspecified atom stereocenters. The normalized spacial score (nSPS) is 31.3. The first kappa shape index (κ1) is 19.8. The third kappa shape index (κ3) is 4.33. The van der Waals surface area contributed by atoms with Crippen molar-refractivity contribution in [1.29, 1.82) is 10.5 Å². The summed E-state index contributed by atoms with van der Waals surface area (Å²) in [5, 5.41) is 24.8. The molecule has 144 valence electrons. The molecule has 4 aliphatic rings. The predicted molar refractivity (Wildman–Crippen MR) is 107 cm³/mol. The largest absolute Gasteiger partial charge is 0.375 e. The van der Waals surface area contributed by atoms with Crippen LogP contribution in [0.2, 0.25) is 0 Å². The third-order valence-electron chi connectivity index (χ3n) is 6.59. The van der Waals surface area contributed by atoms with E-state index in [2.05, 4.69) is 24.1 Å². The molecule has 0 aromatic rings. The highest BCUT2D eigenvalue weighted by Gasteiger charge is 2.53. The van der Waals surface area contributed by atoms with E-state index in [4.69, 9.17) is 10.5 Å². The van der Waals surface area contributed by atoms with Crippen molar-refractivity contribution in [3.8, 4) is 12.1 Å². The van der Waals surface area contributed by atoms with E-state index >= 15 is 0 Å². The molecule has 6 heteroatoms. The topological polar surface area (TPSA) is 88.7 Å². The third-order valence-corrected chi connectivity index (χ3v) is 7.63. The maximum absolute atomic E-state index is 12.6. The fourth-order valence-corrected chi connectivity index (χ4v) is 6.56. The molecule has 4 bridgehead atoms. The SMILES string of the molecule is C=CCNC(SCC(=O)NC(C)C12CC3CC(CC(C3)C1)C2)=C(C#N)C#N. The van der Waals surface area contributed by atoms with Gasteiger partial charge in [0, 0.05) is 12.6 Å². The van der Waals surface area contributed by atoms with Crippen molar-refractivity contribution < 1.29 is 4.79 Å². The van der Waals surface area contributed by atoms with Crippen molar-refractivity contribution >= 4 is 17.7 Å². The summed E-state index contributed by atoms with van der Waals surface area (Å²) in [6, 6.07) is 3.95. The van der Waals surface area contributed by atoms with Crippen molar-refractivity contribution in [1.82, 2.24) is 10.6 Å². The molecule has 27 heavy (non-hydrogen) atoms. The van der Waals surface area contributed by atoms with Gasteiger partial charge in [0.1, 0.15) is 12.1 Å². The van der Waals surface area contributed by atoms with Gasteiger partial charge in [-0.15, -0.1) is 6.58 Å². The van der Waals surface area contributed by atoms with Crippen LogP contribution in [0.5, 0.6) is 0 Å². The molecule has 0 saturated heterocycles. The molecule has 4 aliphatic carbocycles. The Balaban J connectivity index is 1.57. The molecule has 5 nitrogen and oxygen atoms in total. The van der Waals surface area contributed by atoms with Gasteiger partial charge in [0.2, 0.25) is 5.91 Å². The standard InChI is InChI=1S/C21H28N4OS/c1-3-4-24-20(18(11-22)12-23)27-13-19(26)25-14(2)21-8-15-5-16(9-21)7-17(6-15)10-21/h3,14-17,24H,1,4-10,13H2,2H3,(H,25,26). The Morgan fingerprint density at radius 3 is 2.26 bits per heavy atom. The summed E-state index contributed by atoms with van der Waals surface area (Å²) >= 11 is 1.21. The van der Waals surface area contributed by atoms with Crippen molar-refractivity contribution in [2.45, 2.75) is 51.5 Å². The van der Waals surface area contributed by atoms with Crippen LogP contribution in [0, 0.1) is 45.8 Å². The molecule has 2 N–H and O–H groups in total. The zero-order valence-electron chi connectivity index (χ0n) is 16.0. The summed E-state index contributed by atoms with van der Waals surface area (Å²) in [6.45, 7) is 6.24. The second kappa shape index (κ2) is 8.40. The number of hydrogen-bond acceptors (Lipinski definition) is 5. The Kier molecular flexibility index (Phi) is 6.17. The van der Waals surface area contributed by atoms with Gasteiger partial charge in [0.05, 0.1) is 10.8 Å². The number of thioether (sulfide) groups is 1. The van der Waals surface area contributed by atoms with Gasteiger partial charge in [-0.2, -0.15) is 10.5 Å². The first-order valence-corrected chi connectivity index (χ1v) is 10.8. The highest BCUT2D eigenvalue weighted by molar-refractivity contribution is 8.03. The zero-order chi connectivity index (χ0) is 19.4. The van der Waals surface area contributed by atoms with Crippen molar-refractivity contribution in [2.24, 2.45) is 23.2 Å². The molecule has 0 radical (unpaired) electrons. The number of allylic oxidation sites excluding steroid dienone is 1. The van der Waals surface area contributed by atoms with Crippen LogP contribution in [-0.4, -0.2) is 24.2 Å². The summed E-state index contributed by atoms with van der Waals surface area (Å²) < 4.78 is 0. The molecule has 1 atom stereocenters. The van der Waals surface area contributed by atoms with Crippen LogP contribution < -0.4 is 10.6 Å². The van der Waals surface area contributed by atoms with E-state index in [0.29, 0.717) is 11.6 Å². The van der Waals surface area contributed by atoms with E-state index in [9.17, 15) is 4.79 Å². The van der Waals surface area contributed by atoms with Crippen molar-refractivity contribution in [2.75, 3.05) is 12.3 Å². The molecule has 4 saturated carbocycles. The Morgan fingerprint density at radius 1 is 1.22 bits per heavy atom. The van der Waals surface area contributed by atoms with Gasteiger partial charge in [-0.3, -0.25) is 4.79 Å². The average molecular weight is 385 g/mol. The van der Waals surface area contributed by atoms with E-state index in [0.717, 1.165) is 17.8 Å². The smallest absolute Gasteiger partial charge is 0.230 e. The molecule has 0 aliphatic heterocycles. The van der Waals surface area contributed by atoms with Crippen LogP contribution in [0.4, 0.5) is 0 Å². The first-order chi connectivity index (χ1) is 13.0. The highest BCUT2D eigenvalue weighted by atomic mass is 32.2. The van der Waals surface area contributed by atoms with Gasteiger partial charge in [0.15, 0.2) is 5.57 Å². The van der Waals surface area contributed by atoms with Crippen molar-refractivity contribution in [3.05, 3.63) is 23.3 Å². The monoisotopic (exact) mass is 384 g/mol. The number of nitriles is 2. The Morgan fingerprint density at radius 2 is 1.78 bits per heavy atom. The second-order valence-corrected chi connectivity index (χ2v) is 9.44. The summed E-state index contributed by atoms with van der Waals surface area (Å²) in [5.41, 5.74) is 0.281. The minimum Gasteiger partial charge on any atom is -0.375 e. The minimum atomic E-state index is -0.0311. The van der Waals surface area contributed by atoms with Gasteiger partial charge in [-0.1, -0.05) is 17.8 Å². The number of hydrogen-bond donors (Lipinski definition) is 2. The lowest BCUT2D eigenvalue weighted by atomic mass is 9.48. The van der Waals surface area contributed by atoms with Crippen LogP contribution in [0.25, 0.3) is 0 Å². The maximum atomic E-state index is 12.6. The quantitative estimate of drug-likeness (QED) is 0.494. The first-order valence-electron chi connectivity index (χ1n) is 9.81. The van der Waals surface area contributed by atoms with E-state index < -0.39 is 0 Å². The van der Waals surface area contributed by atoms with Gasteiger partial charge >= 0.3 is 0 Å². The molecule has 0 spiro atoms. The fourth-order valence-electron chi connectivity index (χ4n) is 5.78. The predicted octanol–water partition coefficient (Wildman–Crippen LogP) is 3.48. The summed E-state index contributed by atoms with van der Waals surface area (Å²) in [4.78, 5) is 12.6. The van der Waals surface area contributed by atoms with E-state index in [-0.39, 0.29) is 28.7 Å². The number of amides is 1. The van der Waals surface area contributed by atoms with E-state index in [1.165, 1.54) is 50.3 Å². The number of rotatable bonds is 8. The van der Waals surface area contributed by atoms with E-state index in [1.807, 2.05) is 12.1 Å². The average Bonchev–Trinajstić information content (AvgIpc) is 2.63. The number of nitrogens with zero attached hydrogens (tertiary/aromatic N) is 2. The van der Waals surface area contributed by atoms with Crippen LogP contribution in [0.3, 0.4) is 0 Å². The second-order valence-electron chi connectivity index (χ2n) is 8.46. The molecule has 0 aromatic heterocycles. The lowest BCUT2D eigenvalue weighted by Gasteiger charge is -2.59. The molecule has 0 heterocycles. The number of carbonyl (C=O) groups excluding carboxylic acids is 1. The summed E-state index contributed by atoms with van der Waals surface area (Å²) in [5.74, 6) is 2.74. The molecule has 0 aromatic carbocycles. The minimum absolute atomic E-state index is 0.00350. The highest BCUT2D eigenvalue weighted by Crippen LogP contribution is 2.61. The van der Waals surface area contributed by atoms with Crippen LogP contribution in [-0.2, 0) is 4.79 Å². The van der Waals surface area contributed by atoms with Crippen LogP contribution in [0.1, 0.15) is 45.4 Å². The Bertz CT molecular complexity index is 663.